The van der Waals surface area contributed by atoms with Crippen molar-refractivity contribution in [2.24, 2.45) is 0 Å². The second-order valence-corrected chi connectivity index (χ2v) is 11.7. The molecule has 0 atom stereocenters. The number of amides is 1. The van der Waals surface area contributed by atoms with Gasteiger partial charge < -0.3 is 24.7 Å². The molecule has 0 bridgehead atoms. The van der Waals surface area contributed by atoms with E-state index in [1.807, 2.05) is 30.3 Å². The summed E-state index contributed by atoms with van der Waals surface area (Å²) >= 11 is 0. The Balaban J connectivity index is 1.16. The van der Waals surface area contributed by atoms with Crippen LogP contribution in [0.1, 0.15) is 42.1 Å². The van der Waals surface area contributed by atoms with Crippen molar-refractivity contribution in [3.05, 3.63) is 66.4 Å². The molecule has 0 unspecified atom stereocenters. The van der Waals surface area contributed by atoms with E-state index in [9.17, 15) is 4.79 Å². The second-order valence-electron chi connectivity index (χ2n) is 11.7. The van der Waals surface area contributed by atoms with Crippen LogP contribution in [-0.4, -0.2) is 73.8 Å². The first-order valence-electron chi connectivity index (χ1n) is 15.0. The van der Waals surface area contributed by atoms with Crippen LogP contribution in [0.3, 0.4) is 0 Å². The van der Waals surface area contributed by atoms with Gasteiger partial charge in [-0.1, -0.05) is 25.0 Å². The molecule has 1 aliphatic heterocycles. The number of para-hydroxylation sites is 2. The lowest BCUT2D eigenvalue weighted by atomic mass is 10.1. The van der Waals surface area contributed by atoms with Crippen LogP contribution in [0.4, 0.5) is 23.3 Å². The normalized spacial score (nSPS) is 16.5. The number of fused-ring (bicyclic) bond motifs is 3. The van der Waals surface area contributed by atoms with Gasteiger partial charge in [0.05, 0.1) is 45.0 Å². The maximum atomic E-state index is 13.8. The summed E-state index contributed by atoms with van der Waals surface area (Å²) in [4.78, 5) is 31.7. The molecule has 2 fully saturated rings. The minimum Gasteiger partial charge on any atom is -0.368 e. The van der Waals surface area contributed by atoms with Crippen LogP contribution in [0.15, 0.2) is 60.8 Å². The fourth-order valence-corrected chi connectivity index (χ4v) is 6.58. The molecule has 4 N–H and O–H groups in total. The molecule has 11 heteroatoms. The van der Waals surface area contributed by atoms with E-state index in [1.165, 1.54) is 12.8 Å². The average molecular weight is 575 g/mol. The van der Waals surface area contributed by atoms with E-state index >= 15 is 0 Å². The quantitative estimate of drug-likeness (QED) is 0.203. The number of H-pyrrole nitrogens is 2. The number of carbonyl (C=O) groups is 1. The third-order valence-corrected chi connectivity index (χ3v) is 8.90. The Morgan fingerprint density at radius 1 is 0.930 bits per heavy atom. The lowest BCUT2D eigenvalue weighted by molar-refractivity contribution is 0.102. The zero-order chi connectivity index (χ0) is 28.9. The Bertz CT molecular complexity index is 1960. The zero-order valence-electron chi connectivity index (χ0n) is 24.1. The van der Waals surface area contributed by atoms with Gasteiger partial charge in [-0.3, -0.25) is 15.2 Å². The number of nitrogens with zero attached hydrogens (tertiary/aromatic N) is 6. The van der Waals surface area contributed by atoms with Crippen LogP contribution in [0.2, 0.25) is 0 Å². The van der Waals surface area contributed by atoms with Gasteiger partial charge in [0.2, 0.25) is 11.9 Å². The van der Waals surface area contributed by atoms with Gasteiger partial charge in [-0.2, -0.15) is 5.10 Å². The molecule has 1 saturated heterocycles. The van der Waals surface area contributed by atoms with E-state index in [4.69, 9.17) is 9.97 Å². The molecule has 2 aliphatic rings. The Morgan fingerprint density at radius 2 is 1.77 bits per heavy atom. The number of likely N-dealkylation sites (N-methyl/N-ethyl adjacent to an activating group) is 1. The van der Waals surface area contributed by atoms with Gasteiger partial charge in [0, 0.05) is 43.3 Å². The number of rotatable bonds is 6. The van der Waals surface area contributed by atoms with Crippen molar-refractivity contribution in [2.45, 2.75) is 31.7 Å². The summed E-state index contributed by atoms with van der Waals surface area (Å²) in [5.41, 5.74) is 6.77. The number of anilines is 4. The first-order chi connectivity index (χ1) is 21.1. The minimum atomic E-state index is -0.171. The summed E-state index contributed by atoms with van der Waals surface area (Å²) in [6.07, 6.45) is 6.53. The van der Waals surface area contributed by atoms with Crippen molar-refractivity contribution in [1.29, 1.82) is 0 Å². The zero-order valence-corrected chi connectivity index (χ0v) is 24.1. The molecule has 1 amide bonds. The van der Waals surface area contributed by atoms with E-state index in [0.29, 0.717) is 23.2 Å². The summed E-state index contributed by atoms with van der Waals surface area (Å²) < 4.78 is 2.33. The van der Waals surface area contributed by atoms with Crippen molar-refractivity contribution < 1.29 is 4.79 Å². The molecule has 1 saturated carbocycles. The Labute approximate surface area is 248 Å². The van der Waals surface area contributed by atoms with Crippen molar-refractivity contribution in [2.75, 3.05) is 48.8 Å². The summed E-state index contributed by atoms with van der Waals surface area (Å²) in [5.74, 6) is 1.23. The van der Waals surface area contributed by atoms with Gasteiger partial charge in [0.25, 0.3) is 5.91 Å². The van der Waals surface area contributed by atoms with Gasteiger partial charge in [-0.15, -0.1) is 0 Å². The highest BCUT2D eigenvalue weighted by molar-refractivity contribution is 6.11. The van der Waals surface area contributed by atoms with Crippen molar-refractivity contribution in [3.8, 4) is 0 Å². The molecule has 218 valence electrons. The molecule has 3 aromatic carbocycles. The maximum Gasteiger partial charge on any atom is 0.257 e. The van der Waals surface area contributed by atoms with Crippen LogP contribution in [0, 0.1) is 0 Å². The molecule has 4 heterocycles. The van der Waals surface area contributed by atoms with E-state index in [2.05, 4.69) is 71.5 Å². The second kappa shape index (κ2) is 10.4. The predicted octanol–water partition coefficient (Wildman–Crippen LogP) is 5.65. The molecular weight excluding hydrogens is 540 g/mol. The SMILES string of the molecule is CN1CCN(c2cc3[nH]c(Nc4nc5ccccc5n4C4CCCC4)nc3cc2C(=O)Nc2ccc3cn[nH]c3c2)CC1. The first-order valence-corrected chi connectivity index (χ1v) is 15.0. The number of benzene rings is 3. The molecule has 1 aliphatic carbocycles. The van der Waals surface area contributed by atoms with E-state index in [0.717, 1.165) is 83.6 Å². The van der Waals surface area contributed by atoms with Crippen LogP contribution in [0.5, 0.6) is 0 Å². The van der Waals surface area contributed by atoms with Crippen molar-refractivity contribution >= 4 is 62.1 Å². The smallest absolute Gasteiger partial charge is 0.257 e. The largest absolute Gasteiger partial charge is 0.368 e. The standard InChI is InChI=1S/C32H34N10O/c1-40-12-14-41(15-13-40)29-18-27-26(17-23(29)30(43)34-21-11-10-20-19-33-39-25(20)16-21)35-31(36-27)38-32-37-24-8-4-5-9-28(24)42(32)22-6-2-3-7-22/h4-5,8-11,16-19,22H,2-3,6-7,12-15H2,1H3,(H,33,39)(H,34,43)(H2,35,36,37,38). The molecule has 0 spiro atoms. The number of imidazole rings is 2. The number of nitrogens with one attached hydrogen (secondary N) is 4. The predicted molar refractivity (Wildman–Crippen MR) is 170 cm³/mol. The highest BCUT2D eigenvalue weighted by Gasteiger charge is 2.25. The number of hydrogen-bond acceptors (Lipinski definition) is 7. The number of aromatic nitrogens is 6. The third-order valence-electron chi connectivity index (χ3n) is 8.90. The lowest BCUT2D eigenvalue weighted by Crippen LogP contribution is -2.45. The lowest BCUT2D eigenvalue weighted by Gasteiger charge is -2.35. The number of aromatic amines is 2. The molecule has 6 aromatic rings. The van der Waals surface area contributed by atoms with Crippen molar-refractivity contribution in [1.82, 2.24) is 34.6 Å². The van der Waals surface area contributed by atoms with E-state index in [-0.39, 0.29) is 5.91 Å². The highest BCUT2D eigenvalue weighted by Crippen LogP contribution is 2.36. The van der Waals surface area contributed by atoms with Gasteiger partial charge >= 0.3 is 0 Å². The maximum absolute atomic E-state index is 13.8. The molecule has 0 radical (unpaired) electrons. The Morgan fingerprint density at radius 3 is 2.63 bits per heavy atom. The number of carbonyl (C=O) groups excluding carboxylic acids is 1. The van der Waals surface area contributed by atoms with E-state index < -0.39 is 0 Å². The highest BCUT2D eigenvalue weighted by atomic mass is 16.1. The molecule has 8 rings (SSSR count). The number of piperazine rings is 1. The van der Waals surface area contributed by atoms with Crippen LogP contribution in [-0.2, 0) is 0 Å². The van der Waals surface area contributed by atoms with Gasteiger partial charge in [0.15, 0.2) is 0 Å². The Kier molecular flexibility index (Phi) is 6.25. The Hall–Kier alpha value is -4.90. The molecular formula is C32H34N10O. The fraction of sp³-hybridized carbons (Fsp3) is 0.312. The molecule has 3 aromatic heterocycles. The minimum absolute atomic E-state index is 0.171. The van der Waals surface area contributed by atoms with Gasteiger partial charge in [-0.25, -0.2) is 9.97 Å². The van der Waals surface area contributed by atoms with Gasteiger partial charge in [-0.05, 0) is 62.4 Å². The summed E-state index contributed by atoms with van der Waals surface area (Å²) in [7, 11) is 2.13. The molecule has 11 nitrogen and oxygen atoms in total. The summed E-state index contributed by atoms with van der Waals surface area (Å²) in [6, 6.07) is 18.4. The number of hydrogen-bond donors (Lipinski definition) is 4. The molecule has 43 heavy (non-hydrogen) atoms. The van der Waals surface area contributed by atoms with Gasteiger partial charge in [0.1, 0.15) is 0 Å². The average Bonchev–Trinajstić information content (AvgIpc) is 3.82. The van der Waals surface area contributed by atoms with Crippen LogP contribution < -0.4 is 15.5 Å². The summed E-state index contributed by atoms with van der Waals surface area (Å²) in [6.45, 7) is 3.55. The summed E-state index contributed by atoms with van der Waals surface area (Å²) in [5, 5.41) is 14.7. The first kappa shape index (κ1) is 25.8. The monoisotopic (exact) mass is 574 g/mol. The van der Waals surface area contributed by atoms with Crippen LogP contribution >= 0.6 is 0 Å². The van der Waals surface area contributed by atoms with Crippen LogP contribution in [0.25, 0.3) is 33.0 Å². The van der Waals surface area contributed by atoms with E-state index in [1.54, 1.807) is 6.20 Å². The topological polar surface area (TPSA) is 123 Å². The third kappa shape index (κ3) is 4.75. The fourth-order valence-electron chi connectivity index (χ4n) is 6.58. The van der Waals surface area contributed by atoms with Crippen molar-refractivity contribution in [3.63, 3.8) is 0 Å².